The monoisotopic (exact) mass is 521 g/mol. The minimum absolute atomic E-state index is 0.118. The Balaban J connectivity index is 1.20. The van der Waals surface area contributed by atoms with Crippen LogP contribution in [0.5, 0.6) is 5.75 Å². The topological polar surface area (TPSA) is 96.7 Å². The fourth-order valence-corrected chi connectivity index (χ4v) is 5.23. The Bertz CT molecular complexity index is 1130. The van der Waals surface area contributed by atoms with Gasteiger partial charge in [-0.3, -0.25) is 9.88 Å². The molecular formula is C28H39N7O3. The Morgan fingerprint density at radius 1 is 1.05 bits per heavy atom. The normalized spacial score (nSPS) is 23.9. The number of ether oxygens (including phenoxy) is 3. The first kappa shape index (κ1) is 26.5. The van der Waals surface area contributed by atoms with E-state index in [1.807, 2.05) is 6.92 Å². The summed E-state index contributed by atoms with van der Waals surface area (Å²) in [5.74, 6) is 1.40. The van der Waals surface area contributed by atoms with Gasteiger partial charge in [-0.25, -0.2) is 15.0 Å². The number of hydrogen-bond acceptors (Lipinski definition) is 8. The van der Waals surface area contributed by atoms with E-state index in [9.17, 15) is 0 Å². The number of rotatable bonds is 7. The highest BCUT2D eigenvalue weighted by Gasteiger charge is 2.24. The summed E-state index contributed by atoms with van der Waals surface area (Å²) < 4.78 is 17.6. The lowest BCUT2D eigenvalue weighted by molar-refractivity contribution is 0.0418. The van der Waals surface area contributed by atoms with Crippen LogP contribution >= 0.6 is 0 Å². The molecule has 0 atom stereocenters. The zero-order valence-electron chi connectivity index (χ0n) is 22.3. The molecule has 38 heavy (non-hydrogen) atoms. The van der Waals surface area contributed by atoms with Gasteiger partial charge in [0.1, 0.15) is 11.3 Å². The standard InChI is InChI=1S/C28H39N7O3/c1-3-21(20-34-10-14-36-15-11-34)32-28(29-2)33-22-4-6-24(7-5-22)38-26-19-23(35-12-16-37-17-13-35)18-25-27(26)31-9-8-30-25/h3,8-9,18-19,22,24H,2,4-7,10-17,20H2,1H3,(H,32,33)/b21-3-. The summed E-state index contributed by atoms with van der Waals surface area (Å²) in [5.41, 5.74) is 3.86. The number of morpholine rings is 2. The Hall–Kier alpha value is -3.08. The molecule has 5 rings (SSSR count). The van der Waals surface area contributed by atoms with Crippen molar-refractivity contribution in [1.82, 2.24) is 20.2 Å². The molecule has 3 fully saturated rings. The van der Waals surface area contributed by atoms with E-state index in [-0.39, 0.29) is 12.1 Å². The third-order valence-corrected chi connectivity index (χ3v) is 7.41. The number of nitrogens with zero attached hydrogens (tertiary/aromatic N) is 6. The average Bonchev–Trinajstić information content (AvgIpc) is 2.98. The zero-order chi connectivity index (χ0) is 26.2. The molecule has 2 saturated heterocycles. The number of nitrogens with one attached hydrogen (secondary N) is 1. The molecule has 0 radical (unpaired) electrons. The van der Waals surface area contributed by atoms with Crippen LogP contribution in [-0.2, 0) is 9.47 Å². The number of allylic oxidation sites excluding steroid dienone is 1. The molecule has 1 aliphatic carbocycles. The van der Waals surface area contributed by atoms with Gasteiger partial charge >= 0.3 is 0 Å². The van der Waals surface area contributed by atoms with Crippen molar-refractivity contribution in [1.29, 1.82) is 0 Å². The second-order valence-corrected chi connectivity index (χ2v) is 9.95. The van der Waals surface area contributed by atoms with Crippen LogP contribution < -0.4 is 15.0 Å². The van der Waals surface area contributed by atoms with Gasteiger partial charge in [0.25, 0.3) is 0 Å². The molecule has 0 unspecified atom stereocenters. The number of benzene rings is 1. The zero-order valence-corrected chi connectivity index (χ0v) is 22.3. The SMILES string of the molecule is C=NC(=NC1CCC(Oc2cc(N3CCOCC3)cc3nccnc23)CC1)N/C(=C\C)CN1CCOCC1. The van der Waals surface area contributed by atoms with E-state index in [0.29, 0.717) is 5.96 Å². The van der Waals surface area contributed by atoms with Crippen LogP contribution in [0.4, 0.5) is 5.69 Å². The van der Waals surface area contributed by atoms with Crippen LogP contribution in [0.2, 0.25) is 0 Å². The summed E-state index contributed by atoms with van der Waals surface area (Å²) in [5, 5.41) is 3.40. The van der Waals surface area contributed by atoms with Crippen molar-refractivity contribution in [3.63, 3.8) is 0 Å². The Morgan fingerprint density at radius 2 is 1.76 bits per heavy atom. The molecule has 10 heteroatoms. The van der Waals surface area contributed by atoms with Crippen molar-refractivity contribution in [3.8, 4) is 5.75 Å². The van der Waals surface area contributed by atoms with Gasteiger partial charge in [0, 0.05) is 62.6 Å². The predicted molar refractivity (Wildman–Crippen MR) is 150 cm³/mol. The first-order valence-electron chi connectivity index (χ1n) is 13.7. The largest absolute Gasteiger partial charge is 0.488 e. The van der Waals surface area contributed by atoms with Gasteiger partial charge in [-0.05, 0) is 45.4 Å². The van der Waals surface area contributed by atoms with Gasteiger partial charge in [0.05, 0.1) is 44.1 Å². The highest BCUT2D eigenvalue weighted by Crippen LogP contribution is 2.33. The number of anilines is 1. The van der Waals surface area contributed by atoms with Crippen molar-refractivity contribution in [2.75, 3.05) is 64.1 Å². The van der Waals surface area contributed by atoms with Crippen molar-refractivity contribution < 1.29 is 14.2 Å². The maximum Gasteiger partial charge on any atom is 0.221 e. The number of guanidine groups is 1. The smallest absolute Gasteiger partial charge is 0.221 e. The summed E-state index contributed by atoms with van der Waals surface area (Å²) in [4.78, 5) is 22.9. The van der Waals surface area contributed by atoms with Crippen LogP contribution in [-0.4, -0.2) is 98.8 Å². The molecule has 204 valence electrons. The average molecular weight is 522 g/mol. The Labute approximate surface area is 224 Å². The Morgan fingerprint density at radius 3 is 2.47 bits per heavy atom. The van der Waals surface area contributed by atoms with Crippen LogP contribution in [0, 0.1) is 0 Å². The van der Waals surface area contributed by atoms with Crippen LogP contribution in [0.25, 0.3) is 11.0 Å². The predicted octanol–water partition coefficient (Wildman–Crippen LogP) is 3.04. The van der Waals surface area contributed by atoms with E-state index in [2.05, 4.69) is 55.0 Å². The van der Waals surface area contributed by atoms with Crippen molar-refractivity contribution in [3.05, 3.63) is 36.3 Å². The molecule has 2 aromatic rings. The lowest BCUT2D eigenvalue weighted by Crippen LogP contribution is -2.40. The molecule has 3 aliphatic rings. The van der Waals surface area contributed by atoms with E-state index in [4.69, 9.17) is 19.2 Å². The molecule has 1 saturated carbocycles. The molecule has 1 N–H and O–H groups in total. The van der Waals surface area contributed by atoms with Gasteiger partial charge in [-0.1, -0.05) is 6.08 Å². The molecule has 2 aliphatic heterocycles. The first-order valence-corrected chi connectivity index (χ1v) is 13.7. The second-order valence-electron chi connectivity index (χ2n) is 9.95. The van der Waals surface area contributed by atoms with Crippen LogP contribution in [0.1, 0.15) is 32.6 Å². The summed E-state index contributed by atoms with van der Waals surface area (Å²) in [6, 6.07) is 4.41. The molecule has 0 bridgehead atoms. The van der Waals surface area contributed by atoms with E-state index < -0.39 is 0 Å². The molecular weight excluding hydrogens is 482 g/mol. The highest BCUT2D eigenvalue weighted by molar-refractivity contribution is 5.86. The van der Waals surface area contributed by atoms with E-state index >= 15 is 0 Å². The van der Waals surface area contributed by atoms with E-state index in [1.165, 1.54) is 0 Å². The lowest BCUT2D eigenvalue weighted by atomic mass is 9.93. The number of hydrogen-bond donors (Lipinski definition) is 1. The van der Waals surface area contributed by atoms with Gasteiger partial charge in [-0.2, -0.15) is 0 Å². The number of aromatic nitrogens is 2. The highest BCUT2D eigenvalue weighted by atomic mass is 16.5. The van der Waals surface area contributed by atoms with E-state index in [0.717, 1.165) is 113 Å². The fourth-order valence-electron chi connectivity index (χ4n) is 5.23. The Kier molecular flexibility index (Phi) is 9.16. The molecule has 0 spiro atoms. The van der Waals surface area contributed by atoms with E-state index in [1.54, 1.807) is 12.4 Å². The fraction of sp³-hybridized carbons (Fsp3) is 0.571. The molecule has 0 amide bonds. The lowest BCUT2D eigenvalue weighted by Gasteiger charge is -2.31. The van der Waals surface area contributed by atoms with Crippen molar-refractivity contribution in [2.24, 2.45) is 9.98 Å². The van der Waals surface area contributed by atoms with Crippen molar-refractivity contribution >= 4 is 29.4 Å². The minimum atomic E-state index is 0.118. The maximum atomic E-state index is 6.56. The van der Waals surface area contributed by atoms with Gasteiger partial charge in [0.2, 0.25) is 5.96 Å². The molecule has 1 aromatic carbocycles. The van der Waals surface area contributed by atoms with Crippen LogP contribution in [0.15, 0.2) is 46.3 Å². The van der Waals surface area contributed by atoms with Crippen molar-refractivity contribution in [2.45, 2.75) is 44.8 Å². The molecule has 1 aromatic heterocycles. The summed E-state index contributed by atoms with van der Waals surface area (Å²) >= 11 is 0. The molecule has 3 heterocycles. The third kappa shape index (κ3) is 6.86. The van der Waals surface area contributed by atoms with Gasteiger partial charge in [-0.15, -0.1) is 0 Å². The summed E-state index contributed by atoms with van der Waals surface area (Å²) in [6.45, 7) is 13.3. The summed E-state index contributed by atoms with van der Waals surface area (Å²) in [6.07, 6.45) is 9.38. The van der Waals surface area contributed by atoms with Crippen LogP contribution in [0.3, 0.4) is 0 Å². The second kappa shape index (κ2) is 13.1. The minimum Gasteiger partial charge on any atom is -0.488 e. The number of aliphatic imine (C=N–C) groups is 2. The number of fused-ring (bicyclic) bond motifs is 1. The van der Waals surface area contributed by atoms with Gasteiger partial charge in [0.15, 0.2) is 0 Å². The third-order valence-electron chi connectivity index (χ3n) is 7.41. The quantitative estimate of drug-likeness (QED) is 0.439. The first-order chi connectivity index (χ1) is 18.7. The van der Waals surface area contributed by atoms with Gasteiger partial charge < -0.3 is 24.4 Å². The summed E-state index contributed by atoms with van der Waals surface area (Å²) in [7, 11) is 0. The molecule has 10 nitrogen and oxygen atoms in total. The maximum absolute atomic E-state index is 6.56.